The van der Waals surface area contributed by atoms with Crippen molar-refractivity contribution in [2.75, 3.05) is 43.6 Å². The summed E-state index contributed by atoms with van der Waals surface area (Å²) in [6.45, 7) is 1.86. The highest BCUT2D eigenvalue weighted by Crippen LogP contribution is 2.33. The van der Waals surface area contributed by atoms with E-state index in [1.165, 1.54) is 0 Å². The van der Waals surface area contributed by atoms with Crippen molar-refractivity contribution in [3.05, 3.63) is 90.8 Å². The number of nitrogens with zero attached hydrogens (tertiary/aromatic N) is 3. The van der Waals surface area contributed by atoms with Crippen LogP contribution in [0.3, 0.4) is 0 Å². The van der Waals surface area contributed by atoms with Gasteiger partial charge < -0.3 is 15.0 Å². The smallest absolute Gasteiger partial charge is 0.429 e. The summed E-state index contributed by atoms with van der Waals surface area (Å²) < 4.78 is 5.67. The van der Waals surface area contributed by atoms with Crippen LogP contribution in [0, 0.1) is 6.42 Å². The fourth-order valence-corrected chi connectivity index (χ4v) is 4.93. The topological polar surface area (TPSA) is 99.3 Å². The molecule has 4 rings (SSSR count). The van der Waals surface area contributed by atoms with Crippen molar-refractivity contribution in [2.24, 2.45) is 0 Å². The minimum atomic E-state index is -0.507. The standard InChI is InChI=1S/C34H39N4O5/c1-36(22-11-8-16-32(40)35-29-19-17-27(26-39)18-20-29)33(41)21-25-43-34(42)38(37-23-9-3-10-24-37)31-15-7-6-14-30(31)28-12-4-2-5-13-28/h2-7,12-15,17-20,26H,8-11,16,21-25H2,1H3,(H,35,40). The Kier molecular flexibility index (Phi) is 11.9. The van der Waals surface area contributed by atoms with E-state index in [1.807, 2.05) is 59.6 Å². The van der Waals surface area contributed by atoms with E-state index >= 15 is 0 Å². The Hall–Kier alpha value is -4.50. The van der Waals surface area contributed by atoms with Gasteiger partial charge in [-0.15, -0.1) is 0 Å². The summed E-state index contributed by atoms with van der Waals surface area (Å²) in [4.78, 5) is 50.8. The molecule has 1 saturated heterocycles. The second-order valence-electron chi connectivity index (χ2n) is 10.4. The molecule has 9 nitrogen and oxygen atoms in total. The number of hydrogen-bond acceptors (Lipinski definition) is 6. The second-order valence-corrected chi connectivity index (χ2v) is 10.4. The lowest BCUT2D eigenvalue weighted by Gasteiger charge is -2.37. The normalized spacial score (nSPS) is 13.1. The fourth-order valence-electron chi connectivity index (χ4n) is 4.93. The van der Waals surface area contributed by atoms with Gasteiger partial charge in [-0.3, -0.25) is 14.4 Å². The summed E-state index contributed by atoms with van der Waals surface area (Å²) in [5, 5.41) is 6.43. The average Bonchev–Trinajstić information content (AvgIpc) is 3.04. The molecule has 0 atom stereocenters. The van der Waals surface area contributed by atoms with Crippen LogP contribution >= 0.6 is 0 Å². The molecule has 1 aliphatic heterocycles. The van der Waals surface area contributed by atoms with Gasteiger partial charge in [0.05, 0.1) is 12.1 Å². The lowest BCUT2D eigenvalue weighted by Crippen LogP contribution is -2.50. The van der Waals surface area contributed by atoms with Crippen molar-refractivity contribution in [2.45, 2.75) is 38.5 Å². The molecule has 1 radical (unpaired) electrons. The van der Waals surface area contributed by atoms with Gasteiger partial charge in [0.25, 0.3) is 0 Å². The monoisotopic (exact) mass is 583 g/mol. The second kappa shape index (κ2) is 16.2. The van der Waals surface area contributed by atoms with E-state index in [0.29, 0.717) is 50.1 Å². The van der Waals surface area contributed by atoms with Gasteiger partial charge >= 0.3 is 6.09 Å². The Bertz CT molecular complexity index is 1360. The first kappa shape index (κ1) is 31.4. The molecule has 1 heterocycles. The first-order valence-electron chi connectivity index (χ1n) is 14.7. The Morgan fingerprint density at radius 3 is 2.30 bits per heavy atom. The third-order valence-corrected chi connectivity index (χ3v) is 7.30. The van der Waals surface area contributed by atoms with Crippen LogP contribution in [-0.2, 0) is 14.3 Å². The van der Waals surface area contributed by atoms with Crippen molar-refractivity contribution >= 4 is 35.6 Å². The van der Waals surface area contributed by atoms with Gasteiger partial charge in [0.1, 0.15) is 12.9 Å². The van der Waals surface area contributed by atoms with Gasteiger partial charge in [-0.05, 0) is 68.0 Å². The average molecular weight is 584 g/mol. The molecule has 0 saturated carbocycles. The number of anilines is 2. The molecule has 0 spiro atoms. The lowest BCUT2D eigenvalue weighted by atomic mass is 10.0. The van der Waals surface area contributed by atoms with E-state index < -0.39 is 6.09 Å². The van der Waals surface area contributed by atoms with E-state index in [2.05, 4.69) is 11.7 Å². The van der Waals surface area contributed by atoms with Crippen LogP contribution in [-0.4, -0.2) is 67.4 Å². The number of nitrogens with one attached hydrogen (secondary N) is 1. The predicted octanol–water partition coefficient (Wildman–Crippen LogP) is 5.98. The summed E-state index contributed by atoms with van der Waals surface area (Å²) in [5.74, 6) is -0.249. The third kappa shape index (κ3) is 9.24. The zero-order chi connectivity index (χ0) is 30.4. The minimum Gasteiger partial charge on any atom is -0.448 e. The first-order chi connectivity index (χ1) is 21.0. The zero-order valence-electron chi connectivity index (χ0n) is 24.6. The van der Waals surface area contributed by atoms with Gasteiger partial charge in [-0.1, -0.05) is 48.5 Å². The third-order valence-electron chi connectivity index (χ3n) is 7.30. The molecule has 0 unspecified atom stereocenters. The Morgan fingerprint density at radius 1 is 0.884 bits per heavy atom. The quantitative estimate of drug-likeness (QED) is 0.196. The lowest BCUT2D eigenvalue weighted by molar-refractivity contribution is -0.130. The molecule has 0 aliphatic carbocycles. The number of hydrazine groups is 1. The molecule has 43 heavy (non-hydrogen) atoms. The van der Waals surface area contributed by atoms with E-state index in [0.717, 1.165) is 35.9 Å². The number of para-hydroxylation sites is 1. The highest BCUT2D eigenvalue weighted by molar-refractivity contribution is 5.93. The maximum Gasteiger partial charge on any atom is 0.429 e. The number of rotatable bonds is 13. The number of piperidine rings is 1. The molecule has 9 heteroatoms. The number of aldehydes is 1. The fraction of sp³-hybridized carbons (Fsp3) is 0.324. The van der Waals surface area contributed by atoms with Crippen LogP contribution in [0.1, 0.15) is 48.9 Å². The van der Waals surface area contributed by atoms with Crippen molar-refractivity contribution in [1.29, 1.82) is 0 Å². The van der Waals surface area contributed by atoms with Crippen LogP contribution in [0.15, 0.2) is 78.9 Å². The number of unbranched alkanes of at least 4 members (excludes halogenated alkanes) is 1. The minimum absolute atomic E-state index is 0.0305. The summed E-state index contributed by atoms with van der Waals surface area (Å²) in [5.41, 5.74) is 3.85. The van der Waals surface area contributed by atoms with Gasteiger partial charge in [0.2, 0.25) is 11.8 Å². The zero-order valence-corrected chi connectivity index (χ0v) is 24.6. The Labute approximate surface area is 253 Å². The molecule has 3 aromatic carbocycles. The van der Waals surface area contributed by atoms with E-state index in [4.69, 9.17) is 4.74 Å². The number of hydrogen-bond donors (Lipinski definition) is 1. The van der Waals surface area contributed by atoms with Crippen molar-refractivity contribution < 1.29 is 23.9 Å². The van der Waals surface area contributed by atoms with E-state index in [1.54, 1.807) is 41.2 Å². The maximum absolute atomic E-state index is 13.5. The highest BCUT2D eigenvalue weighted by Gasteiger charge is 2.28. The molecule has 0 bridgehead atoms. The van der Waals surface area contributed by atoms with Crippen molar-refractivity contribution in [3.63, 3.8) is 0 Å². The van der Waals surface area contributed by atoms with Gasteiger partial charge in [0.15, 0.2) is 0 Å². The van der Waals surface area contributed by atoms with Gasteiger partial charge in [-0.25, -0.2) is 14.8 Å². The summed E-state index contributed by atoms with van der Waals surface area (Å²) in [6.07, 6.45) is 5.89. The number of amides is 3. The molecule has 1 fully saturated rings. The molecular weight excluding hydrogens is 544 g/mol. The number of carbonyl (C=O) groups excluding carboxylic acids is 4. The molecular formula is C34H39N4O5. The molecule has 3 aromatic rings. The maximum atomic E-state index is 13.5. The highest BCUT2D eigenvalue weighted by atomic mass is 16.6. The van der Waals surface area contributed by atoms with Crippen LogP contribution in [0.2, 0.25) is 0 Å². The van der Waals surface area contributed by atoms with Crippen molar-refractivity contribution in [3.8, 4) is 11.1 Å². The Morgan fingerprint density at radius 2 is 1.58 bits per heavy atom. The molecule has 225 valence electrons. The van der Waals surface area contributed by atoms with E-state index in [9.17, 15) is 19.2 Å². The number of ether oxygens (including phenoxy) is 1. The Balaban J connectivity index is 1.25. The van der Waals surface area contributed by atoms with Crippen LogP contribution in [0.4, 0.5) is 16.2 Å². The van der Waals surface area contributed by atoms with E-state index in [-0.39, 0.29) is 24.8 Å². The summed E-state index contributed by atoms with van der Waals surface area (Å²) in [7, 11) is 1.71. The van der Waals surface area contributed by atoms with Crippen LogP contribution in [0.5, 0.6) is 0 Å². The largest absolute Gasteiger partial charge is 0.448 e. The summed E-state index contributed by atoms with van der Waals surface area (Å²) in [6, 6.07) is 24.4. The summed E-state index contributed by atoms with van der Waals surface area (Å²) >= 11 is 0. The molecule has 1 aliphatic rings. The van der Waals surface area contributed by atoms with Gasteiger partial charge in [-0.2, -0.15) is 0 Å². The van der Waals surface area contributed by atoms with Crippen LogP contribution < -0.4 is 10.3 Å². The van der Waals surface area contributed by atoms with Gasteiger partial charge in [0, 0.05) is 49.9 Å². The molecule has 0 aromatic heterocycles. The van der Waals surface area contributed by atoms with Crippen molar-refractivity contribution in [1.82, 2.24) is 9.91 Å². The number of carbonyl (C=O) groups is 4. The molecule has 3 amide bonds. The first-order valence-corrected chi connectivity index (χ1v) is 14.7. The number of benzene rings is 3. The van der Waals surface area contributed by atoms with Crippen LogP contribution in [0.25, 0.3) is 11.1 Å². The SMILES string of the molecule is CN(CCCCC(=O)Nc1ccc(C=O)cc1)C(=O)CCOC(=O)N(c1ccccc1-c1ccccc1)N1CC[CH]CC1. The predicted molar refractivity (Wildman–Crippen MR) is 167 cm³/mol. The molecule has 1 N–H and O–H groups in total.